The van der Waals surface area contributed by atoms with E-state index in [1.165, 1.54) is 115 Å². The van der Waals surface area contributed by atoms with Crippen LogP contribution in [0.4, 0.5) is 34.1 Å². The van der Waals surface area contributed by atoms with Gasteiger partial charge in [0.15, 0.2) is 0 Å². The molecule has 350 valence electrons. The summed E-state index contributed by atoms with van der Waals surface area (Å²) >= 11 is 1.89. The first-order valence-electron chi connectivity index (χ1n) is 25.6. The molecule has 4 heterocycles. The number of aryl methyl sites for hydroxylation is 1. The summed E-state index contributed by atoms with van der Waals surface area (Å²) in [5.74, 6) is 0. The summed E-state index contributed by atoms with van der Waals surface area (Å²) in [6.07, 6.45) is 0. The van der Waals surface area contributed by atoms with Crippen LogP contribution in [0.3, 0.4) is 0 Å². The van der Waals surface area contributed by atoms with Gasteiger partial charge < -0.3 is 14.4 Å². The number of rotatable bonds is 4. The Labute approximate surface area is 424 Å². The van der Waals surface area contributed by atoms with Crippen molar-refractivity contribution in [1.29, 1.82) is 0 Å². The predicted molar refractivity (Wildman–Crippen MR) is 309 cm³/mol. The molecule has 71 heavy (non-hydrogen) atoms. The first-order chi connectivity index (χ1) is 33.8. The highest BCUT2D eigenvalue weighted by molar-refractivity contribution is 7.26. The fraction of sp³-hybridized carbons (Fsp3) is 0.242. The third-order valence-electron chi connectivity index (χ3n) is 16.2. The van der Waals surface area contributed by atoms with Gasteiger partial charge >= 0.3 is 0 Å². The molecular weight excluding hydrogens is 878 g/mol. The average molecular weight is 940 g/mol. The van der Waals surface area contributed by atoms with Crippen molar-refractivity contribution in [1.82, 2.24) is 4.57 Å². The molecule has 0 amide bonds. The minimum absolute atomic E-state index is 0.00408. The second kappa shape index (κ2) is 14.9. The Bertz CT molecular complexity index is 3810. The molecule has 5 heteroatoms. The topological polar surface area (TPSA) is 11.4 Å². The van der Waals surface area contributed by atoms with Crippen molar-refractivity contribution in [3.63, 3.8) is 0 Å². The molecule has 2 aliphatic heterocycles. The van der Waals surface area contributed by atoms with E-state index in [4.69, 9.17) is 0 Å². The first-order valence-corrected chi connectivity index (χ1v) is 26.4. The van der Waals surface area contributed by atoms with Crippen LogP contribution < -0.4 is 26.2 Å². The normalized spacial score (nSPS) is 14.5. The predicted octanol–water partition coefficient (Wildman–Crippen LogP) is 16.6. The van der Waals surface area contributed by atoms with Crippen LogP contribution in [0.5, 0.6) is 0 Å². The molecule has 2 aromatic heterocycles. The first kappa shape index (κ1) is 44.1. The molecule has 3 aliphatic rings. The van der Waals surface area contributed by atoms with Gasteiger partial charge in [-0.25, -0.2) is 0 Å². The summed E-state index contributed by atoms with van der Waals surface area (Å²) in [6, 6.07) is 61.2. The van der Waals surface area contributed by atoms with Crippen LogP contribution in [-0.2, 0) is 21.7 Å². The number of hydrogen-bond donors (Lipinski definition) is 0. The molecule has 0 spiro atoms. The maximum absolute atomic E-state index is 2.70. The fourth-order valence-electron chi connectivity index (χ4n) is 12.6. The van der Waals surface area contributed by atoms with Crippen LogP contribution in [0, 0.1) is 6.92 Å². The second-order valence-corrected chi connectivity index (χ2v) is 25.4. The number of fused-ring (bicyclic) bond motifs is 12. The van der Waals surface area contributed by atoms with Crippen LogP contribution in [0.1, 0.15) is 110 Å². The summed E-state index contributed by atoms with van der Waals surface area (Å²) in [4.78, 5) is 5.13. The van der Waals surface area contributed by atoms with Crippen LogP contribution in [-0.4, -0.2) is 11.3 Å². The molecule has 1 aliphatic carbocycles. The minimum Gasteiger partial charge on any atom is -0.311 e. The van der Waals surface area contributed by atoms with E-state index in [2.05, 4.69) is 255 Å². The van der Waals surface area contributed by atoms with Gasteiger partial charge in [0.25, 0.3) is 6.71 Å². The maximum Gasteiger partial charge on any atom is 0.252 e. The van der Waals surface area contributed by atoms with Gasteiger partial charge in [-0.2, -0.15) is 0 Å². The molecule has 0 saturated heterocycles. The Morgan fingerprint density at radius 2 is 1.11 bits per heavy atom. The summed E-state index contributed by atoms with van der Waals surface area (Å²) in [5.41, 5.74) is 24.5. The lowest BCUT2D eigenvalue weighted by Gasteiger charge is -2.42. The van der Waals surface area contributed by atoms with E-state index in [1.807, 2.05) is 11.3 Å². The van der Waals surface area contributed by atoms with Crippen molar-refractivity contribution in [2.24, 2.45) is 0 Å². The minimum atomic E-state index is -0.176. The summed E-state index contributed by atoms with van der Waals surface area (Å²) in [7, 11) is 0. The Morgan fingerprint density at radius 1 is 0.507 bits per heavy atom. The van der Waals surface area contributed by atoms with E-state index in [0.29, 0.717) is 0 Å². The number of benzene rings is 8. The summed E-state index contributed by atoms with van der Waals surface area (Å²) < 4.78 is 5.31. The van der Waals surface area contributed by atoms with Gasteiger partial charge in [0, 0.05) is 76.2 Å². The van der Waals surface area contributed by atoms with Gasteiger partial charge in [-0.15, -0.1) is 11.3 Å². The largest absolute Gasteiger partial charge is 0.311 e. The highest BCUT2D eigenvalue weighted by Crippen LogP contribution is 2.56. The zero-order chi connectivity index (χ0) is 49.3. The quantitative estimate of drug-likeness (QED) is 0.163. The van der Waals surface area contributed by atoms with Gasteiger partial charge in [0.2, 0.25) is 0 Å². The monoisotopic (exact) mass is 939 g/mol. The number of thiophene rings is 1. The molecule has 0 N–H and O–H groups in total. The number of aromatic nitrogens is 1. The fourth-order valence-corrected chi connectivity index (χ4v) is 13.7. The Balaban J connectivity index is 1.15. The Morgan fingerprint density at radius 3 is 1.79 bits per heavy atom. The lowest BCUT2D eigenvalue weighted by atomic mass is 9.33. The third-order valence-corrected chi connectivity index (χ3v) is 17.4. The lowest BCUT2D eigenvalue weighted by Crippen LogP contribution is -2.60. The van der Waals surface area contributed by atoms with Crippen molar-refractivity contribution >= 4 is 99.6 Å². The average Bonchev–Trinajstić information content (AvgIpc) is 3.97. The summed E-state index contributed by atoms with van der Waals surface area (Å²) in [6.45, 7) is 28.1. The van der Waals surface area contributed by atoms with Crippen LogP contribution >= 0.6 is 11.3 Å². The molecule has 3 nitrogen and oxygen atoms in total. The molecule has 8 aromatic carbocycles. The lowest BCUT2D eigenvalue weighted by molar-refractivity contribution is 0.590. The van der Waals surface area contributed by atoms with E-state index in [-0.39, 0.29) is 28.4 Å². The highest BCUT2D eigenvalue weighted by Gasteiger charge is 2.48. The Hall–Kier alpha value is -6.82. The maximum atomic E-state index is 2.70. The van der Waals surface area contributed by atoms with Crippen molar-refractivity contribution in [2.75, 3.05) is 9.80 Å². The van der Waals surface area contributed by atoms with Crippen molar-refractivity contribution in [3.05, 3.63) is 191 Å². The zero-order valence-electron chi connectivity index (χ0n) is 43.3. The van der Waals surface area contributed by atoms with Gasteiger partial charge in [-0.3, -0.25) is 0 Å². The van der Waals surface area contributed by atoms with Crippen molar-refractivity contribution in [3.8, 4) is 16.9 Å². The van der Waals surface area contributed by atoms with E-state index in [0.717, 1.165) is 17.1 Å². The van der Waals surface area contributed by atoms with Crippen molar-refractivity contribution in [2.45, 2.75) is 105 Å². The molecule has 0 unspecified atom stereocenters. The number of hydrogen-bond acceptors (Lipinski definition) is 3. The number of anilines is 6. The van der Waals surface area contributed by atoms with Gasteiger partial charge in [-0.1, -0.05) is 161 Å². The van der Waals surface area contributed by atoms with Crippen LogP contribution in [0.2, 0.25) is 0 Å². The van der Waals surface area contributed by atoms with E-state index < -0.39 is 0 Å². The molecular formula is C66H62BN3S. The summed E-state index contributed by atoms with van der Waals surface area (Å²) in [5, 5.41) is 3.99. The van der Waals surface area contributed by atoms with E-state index in [1.54, 1.807) is 0 Å². The molecule has 10 aromatic rings. The van der Waals surface area contributed by atoms with Crippen molar-refractivity contribution < 1.29 is 0 Å². The highest BCUT2D eigenvalue weighted by atomic mass is 32.1. The van der Waals surface area contributed by atoms with Gasteiger partial charge in [-0.05, 0) is 146 Å². The van der Waals surface area contributed by atoms with E-state index >= 15 is 0 Å². The Kier molecular flexibility index (Phi) is 9.25. The zero-order valence-corrected chi connectivity index (χ0v) is 44.2. The second-order valence-electron chi connectivity index (χ2n) is 24.3. The molecule has 0 atom stereocenters. The molecule has 0 bridgehead atoms. The molecule has 0 radical (unpaired) electrons. The van der Waals surface area contributed by atoms with Crippen LogP contribution in [0.15, 0.2) is 158 Å². The molecule has 0 fully saturated rings. The van der Waals surface area contributed by atoms with Gasteiger partial charge in [0.05, 0.1) is 11.4 Å². The smallest absolute Gasteiger partial charge is 0.252 e. The number of nitrogens with zero attached hydrogens (tertiary/aromatic N) is 3. The van der Waals surface area contributed by atoms with E-state index in [9.17, 15) is 0 Å². The molecule has 13 rings (SSSR count). The third kappa shape index (κ3) is 6.40. The van der Waals surface area contributed by atoms with Gasteiger partial charge in [0.1, 0.15) is 0 Å². The SMILES string of the molecule is Cc1cc2c3c(c1)-n1c4c(c5cc(C(C)(C)C)cc(c51)B3c1ccc(N(c3ccc(C(C)(C)C)cc3)c3ccc(C(C)(C)C)cc3)cc1N2c1cccc2sc3ccccc3c12)C(C)(C)c1ccccc1-4. The standard InChI is InChI=1S/C66H62BN3S/c1-39-34-54-60-55(35-39)70-61-48(59-62(70)46-18-13-15-20-49(46)66(59,11)12)36-42(65(8,9)10)37-51(61)67(60)50-33-32-45(38-53(50)69(54)52-21-17-23-57-58(52)47-19-14-16-22-56(47)71-57)68(43-28-24-40(25-29-43)63(2,3)4)44-30-26-41(27-31-44)64(5,6)7/h13-38H,1-12H3. The molecule has 0 saturated carbocycles. The van der Waals surface area contributed by atoms with Crippen LogP contribution in [0.25, 0.3) is 48.0 Å².